The van der Waals surface area contributed by atoms with Crippen LogP contribution in [0.1, 0.15) is 32.6 Å². The van der Waals surface area contributed by atoms with Gasteiger partial charge < -0.3 is 10.2 Å². The molecule has 2 nitrogen and oxygen atoms in total. The van der Waals surface area contributed by atoms with E-state index in [-0.39, 0.29) is 6.61 Å². The van der Waals surface area contributed by atoms with Gasteiger partial charge in [-0.2, -0.15) is 0 Å². The first-order valence-electron chi connectivity index (χ1n) is 4.00. The Hall–Kier alpha value is -0.0800. The Labute approximate surface area is 61.9 Å². The van der Waals surface area contributed by atoms with E-state index in [2.05, 4.69) is 0 Å². The maximum atomic E-state index is 9.57. The monoisotopic (exact) mass is 144 g/mol. The van der Waals surface area contributed by atoms with Gasteiger partial charge in [-0.25, -0.2) is 0 Å². The molecular weight excluding hydrogens is 128 g/mol. The van der Waals surface area contributed by atoms with Gasteiger partial charge in [0.2, 0.25) is 0 Å². The average Bonchev–Trinajstić information content (AvgIpc) is 2.38. The molecule has 1 saturated carbocycles. The van der Waals surface area contributed by atoms with Gasteiger partial charge in [-0.05, 0) is 25.7 Å². The molecule has 1 fully saturated rings. The molecule has 0 aromatic heterocycles. The third-order valence-electron chi connectivity index (χ3n) is 2.55. The van der Waals surface area contributed by atoms with Crippen molar-refractivity contribution in [3.63, 3.8) is 0 Å². The predicted octanol–water partition coefficient (Wildman–Crippen LogP) is 0.920. The highest BCUT2D eigenvalue weighted by atomic mass is 16.3. The van der Waals surface area contributed by atoms with Gasteiger partial charge >= 0.3 is 0 Å². The van der Waals surface area contributed by atoms with E-state index in [4.69, 9.17) is 5.11 Å². The van der Waals surface area contributed by atoms with Gasteiger partial charge in [-0.3, -0.25) is 0 Å². The van der Waals surface area contributed by atoms with Gasteiger partial charge in [-0.15, -0.1) is 0 Å². The highest BCUT2D eigenvalue weighted by Gasteiger charge is 2.32. The molecule has 2 heteroatoms. The SMILES string of the molecule is CC(O)(CO)C1CCCC1. The van der Waals surface area contributed by atoms with Crippen molar-refractivity contribution in [3.8, 4) is 0 Å². The van der Waals surface area contributed by atoms with Crippen LogP contribution in [0.15, 0.2) is 0 Å². The summed E-state index contributed by atoms with van der Waals surface area (Å²) in [7, 11) is 0. The molecule has 1 rings (SSSR count). The summed E-state index contributed by atoms with van der Waals surface area (Å²) in [5.74, 6) is 0.331. The molecule has 1 unspecified atom stereocenters. The normalized spacial score (nSPS) is 26.7. The summed E-state index contributed by atoms with van der Waals surface area (Å²) in [6.45, 7) is 1.63. The van der Waals surface area contributed by atoms with Crippen molar-refractivity contribution in [1.29, 1.82) is 0 Å². The number of hydrogen-bond donors (Lipinski definition) is 2. The van der Waals surface area contributed by atoms with Gasteiger partial charge in [-0.1, -0.05) is 12.8 Å². The number of aliphatic hydroxyl groups excluding tert-OH is 1. The van der Waals surface area contributed by atoms with Gasteiger partial charge in [0.05, 0.1) is 12.2 Å². The maximum Gasteiger partial charge on any atom is 0.0877 e. The summed E-state index contributed by atoms with van der Waals surface area (Å²) in [6, 6.07) is 0. The van der Waals surface area contributed by atoms with E-state index in [9.17, 15) is 5.11 Å². The van der Waals surface area contributed by atoms with Crippen LogP contribution >= 0.6 is 0 Å². The number of rotatable bonds is 2. The first-order chi connectivity index (χ1) is 4.67. The highest BCUT2D eigenvalue weighted by Crippen LogP contribution is 2.33. The molecule has 0 bridgehead atoms. The molecule has 0 aromatic carbocycles. The summed E-state index contributed by atoms with van der Waals surface area (Å²) in [4.78, 5) is 0. The van der Waals surface area contributed by atoms with Crippen molar-refractivity contribution in [1.82, 2.24) is 0 Å². The van der Waals surface area contributed by atoms with Crippen LogP contribution in [0.3, 0.4) is 0 Å². The van der Waals surface area contributed by atoms with Gasteiger partial charge in [0.25, 0.3) is 0 Å². The Morgan fingerprint density at radius 2 is 1.90 bits per heavy atom. The molecule has 1 atom stereocenters. The molecule has 0 heterocycles. The molecule has 10 heavy (non-hydrogen) atoms. The third-order valence-corrected chi connectivity index (χ3v) is 2.55. The lowest BCUT2D eigenvalue weighted by Gasteiger charge is -2.27. The quantitative estimate of drug-likeness (QED) is 0.605. The van der Waals surface area contributed by atoms with E-state index < -0.39 is 5.60 Å². The van der Waals surface area contributed by atoms with Crippen LogP contribution in [0.2, 0.25) is 0 Å². The molecule has 0 radical (unpaired) electrons. The fourth-order valence-corrected chi connectivity index (χ4v) is 1.68. The van der Waals surface area contributed by atoms with Crippen molar-refractivity contribution < 1.29 is 10.2 Å². The largest absolute Gasteiger partial charge is 0.393 e. The lowest BCUT2D eigenvalue weighted by molar-refractivity contribution is -0.0444. The Kier molecular flexibility index (Phi) is 2.32. The molecule has 2 N–H and O–H groups in total. The summed E-state index contributed by atoms with van der Waals surface area (Å²) in [5, 5.41) is 18.4. The van der Waals surface area contributed by atoms with E-state index >= 15 is 0 Å². The Balaban J connectivity index is 2.45. The van der Waals surface area contributed by atoms with Crippen LogP contribution in [0.5, 0.6) is 0 Å². The molecule has 0 amide bonds. The smallest absolute Gasteiger partial charge is 0.0877 e. The van der Waals surface area contributed by atoms with Gasteiger partial charge in [0.15, 0.2) is 0 Å². The molecule has 0 spiro atoms. The van der Waals surface area contributed by atoms with Crippen LogP contribution in [0.4, 0.5) is 0 Å². The molecule has 1 aliphatic rings. The van der Waals surface area contributed by atoms with Crippen molar-refractivity contribution in [3.05, 3.63) is 0 Å². The topological polar surface area (TPSA) is 40.5 Å². The molecular formula is C8H16O2. The summed E-state index contributed by atoms with van der Waals surface area (Å²) in [6.07, 6.45) is 4.57. The first kappa shape index (κ1) is 8.02. The van der Waals surface area contributed by atoms with Crippen molar-refractivity contribution >= 4 is 0 Å². The fourth-order valence-electron chi connectivity index (χ4n) is 1.68. The van der Waals surface area contributed by atoms with Gasteiger partial charge in [0.1, 0.15) is 0 Å². The fraction of sp³-hybridized carbons (Fsp3) is 1.00. The number of aliphatic hydroxyl groups is 2. The Bertz CT molecular complexity index is 104. The minimum absolute atomic E-state index is 0.0995. The minimum Gasteiger partial charge on any atom is -0.393 e. The van der Waals surface area contributed by atoms with E-state index in [0.29, 0.717) is 5.92 Å². The molecule has 60 valence electrons. The van der Waals surface area contributed by atoms with E-state index in [1.165, 1.54) is 12.8 Å². The predicted molar refractivity (Wildman–Crippen MR) is 39.7 cm³/mol. The van der Waals surface area contributed by atoms with Crippen LogP contribution in [-0.4, -0.2) is 22.4 Å². The number of hydrogen-bond acceptors (Lipinski definition) is 2. The summed E-state index contributed by atoms with van der Waals surface area (Å²) in [5.41, 5.74) is -0.823. The van der Waals surface area contributed by atoms with Crippen molar-refractivity contribution in [2.45, 2.75) is 38.2 Å². The lowest BCUT2D eigenvalue weighted by atomic mass is 9.89. The zero-order valence-electron chi connectivity index (χ0n) is 6.51. The standard InChI is InChI=1S/C8H16O2/c1-8(10,6-9)7-4-2-3-5-7/h7,9-10H,2-6H2,1H3. The summed E-state index contributed by atoms with van der Waals surface area (Å²) >= 11 is 0. The molecule has 1 aliphatic carbocycles. The zero-order chi connectivity index (χ0) is 7.61. The lowest BCUT2D eigenvalue weighted by Crippen LogP contribution is -2.36. The third kappa shape index (κ3) is 1.50. The van der Waals surface area contributed by atoms with Crippen LogP contribution < -0.4 is 0 Å². The first-order valence-corrected chi connectivity index (χ1v) is 4.00. The highest BCUT2D eigenvalue weighted by molar-refractivity contribution is 4.84. The Morgan fingerprint density at radius 1 is 1.40 bits per heavy atom. The van der Waals surface area contributed by atoms with E-state index in [1.54, 1.807) is 6.92 Å². The van der Waals surface area contributed by atoms with Crippen LogP contribution in [-0.2, 0) is 0 Å². The van der Waals surface area contributed by atoms with E-state index in [1.807, 2.05) is 0 Å². The molecule has 0 aromatic rings. The zero-order valence-corrected chi connectivity index (χ0v) is 6.51. The van der Waals surface area contributed by atoms with Crippen LogP contribution in [0.25, 0.3) is 0 Å². The van der Waals surface area contributed by atoms with Crippen LogP contribution in [0, 0.1) is 5.92 Å². The molecule has 0 saturated heterocycles. The summed E-state index contributed by atoms with van der Waals surface area (Å²) < 4.78 is 0. The van der Waals surface area contributed by atoms with Gasteiger partial charge in [0, 0.05) is 0 Å². The van der Waals surface area contributed by atoms with E-state index in [0.717, 1.165) is 12.8 Å². The molecule has 0 aliphatic heterocycles. The van der Waals surface area contributed by atoms with Crippen molar-refractivity contribution in [2.75, 3.05) is 6.61 Å². The maximum absolute atomic E-state index is 9.57. The van der Waals surface area contributed by atoms with Crippen molar-refractivity contribution in [2.24, 2.45) is 5.92 Å². The average molecular weight is 144 g/mol. The second kappa shape index (κ2) is 2.89. The second-order valence-corrected chi connectivity index (χ2v) is 3.50. The minimum atomic E-state index is -0.823. The Morgan fingerprint density at radius 3 is 2.30 bits per heavy atom. The second-order valence-electron chi connectivity index (χ2n) is 3.50.